The molecule has 6 aromatic rings. The highest BCUT2D eigenvalue weighted by Gasteiger charge is 2.11. The van der Waals surface area contributed by atoms with Crippen molar-refractivity contribution in [2.24, 2.45) is 0 Å². The van der Waals surface area contributed by atoms with E-state index in [1.165, 1.54) is 11.1 Å². The molecule has 0 unspecified atom stereocenters. The zero-order valence-electron chi connectivity index (χ0n) is 18.0. The van der Waals surface area contributed by atoms with Crippen LogP contribution in [-0.4, -0.2) is 19.9 Å². The fourth-order valence-corrected chi connectivity index (χ4v) is 4.31. The summed E-state index contributed by atoms with van der Waals surface area (Å²) in [5.74, 6) is 1.81. The highest BCUT2D eigenvalue weighted by Crippen LogP contribution is 2.30. The van der Waals surface area contributed by atoms with E-state index in [1.54, 1.807) is 0 Å². The first-order valence-electron chi connectivity index (χ1n) is 10.8. The molecular formula is C28H22N4. The van der Waals surface area contributed by atoms with Crippen molar-refractivity contribution in [3.63, 3.8) is 0 Å². The number of aromatic nitrogens is 4. The van der Waals surface area contributed by atoms with Crippen LogP contribution in [0.3, 0.4) is 0 Å². The van der Waals surface area contributed by atoms with Crippen LogP contribution in [-0.2, 0) is 0 Å². The van der Waals surface area contributed by atoms with Crippen molar-refractivity contribution in [2.75, 3.05) is 0 Å². The van der Waals surface area contributed by atoms with E-state index in [1.807, 2.05) is 12.1 Å². The Balaban J connectivity index is 1.41. The lowest BCUT2D eigenvalue weighted by molar-refractivity contribution is 1.31. The van der Waals surface area contributed by atoms with Crippen molar-refractivity contribution in [1.29, 1.82) is 0 Å². The molecule has 32 heavy (non-hydrogen) atoms. The Bertz CT molecular complexity index is 1480. The molecule has 0 amide bonds. The van der Waals surface area contributed by atoms with Gasteiger partial charge in [0.2, 0.25) is 0 Å². The molecule has 0 aliphatic heterocycles. The predicted octanol–water partition coefficient (Wildman–Crippen LogP) is 7.06. The van der Waals surface area contributed by atoms with E-state index >= 15 is 0 Å². The molecule has 2 N–H and O–H groups in total. The van der Waals surface area contributed by atoms with E-state index < -0.39 is 0 Å². The summed E-state index contributed by atoms with van der Waals surface area (Å²) in [6, 6.07) is 29.4. The molecule has 4 nitrogen and oxygen atoms in total. The van der Waals surface area contributed by atoms with Gasteiger partial charge in [-0.15, -0.1) is 0 Å². The van der Waals surface area contributed by atoms with Gasteiger partial charge >= 0.3 is 0 Å². The van der Waals surface area contributed by atoms with Gasteiger partial charge in [-0.05, 0) is 60.4 Å². The van der Waals surface area contributed by atoms with Crippen LogP contribution >= 0.6 is 0 Å². The van der Waals surface area contributed by atoms with Crippen molar-refractivity contribution in [2.45, 2.75) is 13.8 Å². The number of nitrogens with one attached hydrogen (secondary N) is 2. The molecular weight excluding hydrogens is 392 g/mol. The summed E-state index contributed by atoms with van der Waals surface area (Å²) in [5.41, 5.74) is 11.0. The summed E-state index contributed by atoms with van der Waals surface area (Å²) in [6.07, 6.45) is 0. The second-order valence-electron chi connectivity index (χ2n) is 8.26. The number of fused-ring (bicyclic) bond motifs is 2. The van der Waals surface area contributed by atoms with Crippen LogP contribution in [0.25, 0.3) is 56.0 Å². The molecule has 2 aromatic heterocycles. The van der Waals surface area contributed by atoms with Crippen LogP contribution in [0.15, 0.2) is 84.9 Å². The summed E-state index contributed by atoms with van der Waals surface area (Å²) in [6.45, 7) is 4.22. The first kappa shape index (κ1) is 18.6. The number of hydrogen-bond donors (Lipinski definition) is 2. The number of hydrogen-bond acceptors (Lipinski definition) is 2. The number of aromatic amines is 2. The summed E-state index contributed by atoms with van der Waals surface area (Å²) < 4.78 is 0. The standard InChI is InChI=1S/C28H22N4/c1-17-7-3-5-9-21(17)27-29-23-13-11-19(15-25(23)31-27)20-12-14-24-26(16-20)32-28(30-24)22-10-6-4-8-18(22)2/h3-16H,1-2H3,(H,29,31)(H,30,32). The Kier molecular flexibility index (Phi) is 4.18. The van der Waals surface area contributed by atoms with E-state index in [0.717, 1.165) is 56.0 Å². The van der Waals surface area contributed by atoms with Crippen LogP contribution in [0, 0.1) is 13.8 Å². The molecule has 0 radical (unpaired) electrons. The lowest BCUT2D eigenvalue weighted by Crippen LogP contribution is -1.83. The SMILES string of the molecule is Cc1ccccc1-c1nc2ccc(-c3ccc4nc(-c5ccccc5C)[nH]c4c3)cc2[nH]1. The predicted molar refractivity (Wildman–Crippen MR) is 132 cm³/mol. The van der Waals surface area contributed by atoms with Gasteiger partial charge in [0.25, 0.3) is 0 Å². The maximum Gasteiger partial charge on any atom is 0.138 e. The maximum atomic E-state index is 4.80. The monoisotopic (exact) mass is 414 g/mol. The number of aryl methyl sites for hydroxylation is 2. The van der Waals surface area contributed by atoms with Crippen LogP contribution in [0.4, 0.5) is 0 Å². The van der Waals surface area contributed by atoms with Gasteiger partial charge in [0.1, 0.15) is 11.6 Å². The van der Waals surface area contributed by atoms with Gasteiger partial charge in [-0.1, -0.05) is 60.7 Å². The van der Waals surface area contributed by atoms with Crippen LogP contribution < -0.4 is 0 Å². The summed E-state index contributed by atoms with van der Waals surface area (Å²) in [4.78, 5) is 16.6. The Morgan fingerprint density at radius 2 is 0.969 bits per heavy atom. The molecule has 4 aromatic carbocycles. The van der Waals surface area contributed by atoms with Crippen LogP contribution in [0.5, 0.6) is 0 Å². The van der Waals surface area contributed by atoms with Crippen LogP contribution in [0.1, 0.15) is 11.1 Å². The minimum atomic E-state index is 0.905. The van der Waals surface area contributed by atoms with Gasteiger partial charge in [-0.2, -0.15) is 0 Å². The minimum Gasteiger partial charge on any atom is -0.338 e. The average molecular weight is 415 g/mol. The molecule has 154 valence electrons. The third-order valence-electron chi connectivity index (χ3n) is 6.10. The molecule has 0 saturated carbocycles. The van der Waals surface area contributed by atoms with Crippen LogP contribution in [0.2, 0.25) is 0 Å². The van der Waals surface area contributed by atoms with Gasteiger partial charge in [0.05, 0.1) is 22.1 Å². The van der Waals surface area contributed by atoms with Gasteiger partial charge < -0.3 is 9.97 Å². The number of nitrogens with zero attached hydrogens (tertiary/aromatic N) is 2. The normalized spacial score (nSPS) is 11.4. The molecule has 0 bridgehead atoms. The molecule has 6 rings (SSSR count). The molecule has 0 fully saturated rings. The zero-order chi connectivity index (χ0) is 21.7. The largest absolute Gasteiger partial charge is 0.338 e. The Labute approximate surface area is 186 Å². The van der Waals surface area contributed by atoms with Gasteiger partial charge in [0, 0.05) is 11.1 Å². The Morgan fingerprint density at radius 3 is 1.41 bits per heavy atom. The van der Waals surface area contributed by atoms with E-state index in [2.05, 4.69) is 96.6 Å². The van der Waals surface area contributed by atoms with E-state index in [0.29, 0.717) is 0 Å². The van der Waals surface area contributed by atoms with Crippen molar-refractivity contribution in [1.82, 2.24) is 19.9 Å². The number of imidazole rings is 2. The van der Waals surface area contributed by atoms with Crippen molar-refractivity contribution in [3.8, 4) is 33.9 Å². The van der Waals surface area contributed by atoms with Crippen molar-refractivity contribution < 1.29 is 0 Å². The molecule has 0 atom stereocenters. The summed E-state index contributed by atoms with van der Waals surface area (Å²) in [7, 11) is 0. The highest BCUT2D eigenvalue weighted by atomic mass is 14.9. The van der Waals surface area contributed by atoms with E-state index in [4.69, 9.17) is 9.97 Å². The Hall–Kier alpha value is -4.18. The smallest absolute Gasteiger partial charge is 0.138 e. The average Bonchev–Trinajstić information content (AvgIpc) is 3.42. The highest BCUT2D eigenvalue weighted by molar-refractivity contribution is 5.88. The molecule has 0 spiro atoms. The Morgan fingerprint density at radius 1 is 0.531 bits per heavy atom. The number of benzene rings is 4. The van der Waals surface area contributed by atoms with Gasteiger partial charge in [-0.3, -0.25) is 0 Å². The first-order chi connectivity index (χ1) is 15.7. The lowest BCUT2D eigenvalue weighted by atomic mass is 10.0. The summed E-state index contributed by atoms with van der Waals surface area (Å²) in [5, 5.41) is 0. The molecule has 4 heteroatoms. The van der Waals surface area contributed by atoms with E-state index in [9.17, 15) is 0 Å². The number of rotatable bonds is 3. The molecule has 0 aliphatic rings. The van der Waals surface area contributed by atoms with E-state index in [-0.39, 0.29) is 0 Å². The third kappa shape index (κ3) is 3.08. The lowest BCUT2D eigenvalue weighted by Gasteiger charge is -2.02. The minimum absolute atomic E-state index is 0.905. The number of H-pyrrole nitrogens is 2. The maximum absolute atomic E-state index is 4.80. The summed E-state index contributed by atoms with van der Waals surface area (Å²) >= 11 is 0. The van der Waals surface area contributed by atoms with Crippen molar-refractivity contribution >= 4 is 22.1 Å². The third-order valence-corrected chi connectivity index (χ3v) is 6.10. The second kappa shape index (κ2) is 7.20. The van der Waals surface area contributed by atoms with Gasteiger partial charge in [-0.25, -0.2) is 9.97 Å². The van der Waals surface area contributed by atoms with Crippen molar-refractivity contribution in [3.05, 3.63) is 96.1 Å². The fourth-order valence-electron chi connectivity index (χ4n) is 4.31. The second-order valence-corrected chi connectivity index (χ2v) is 8.26. The van der Waals surface area contributed by atoms with Gasteiger partial charge in [0.15, 0.2) is 0 Å². The fraction of sp³-hybridized carbons (Fsp3) is 0.0714. The molecule has 0 saturated heterocycles. The molecule has 2 heterocycles. The quantitative estimate of drug-likeness (QED) is 0.326. The first-order valence-corrected chi connectivity index (χ1v) is 10.8. The molecule has 0 aliphatic carbocycles. The topological polar surface area (TPSA) is 57.4 Å². The zero-order valence-corrected chi connectivity index (χ0v) is 18.0.